The van der Waals surface area contributed by atoms with Crippen LogP contribution in [0.25, 0.3) is 0 Å². The second-order valence-corrected chi connectivity index (χ2v) is 13.5. The van der Waals surface area contributed by atoms with Crippen LogP contribution in [0.2, 0.25) is 0 Å². The fourth-order valence-corrected chi connectivity index (χ4v) is 9.22. The van der Waals surface area contributed by atoms with E-state index in [9.17, 15) is 14.7 Å². The van der Waals surface area contributed by atoms with Crippen LogP contribution in [0.4, 0.5) is 0 Å². The maximum Gasteiger partial charge on any atom is 0.225 e. The summed E-state index contributed by atoms with van der Waals surface area (Å²) in [5, 5.41) is 13.3. The summed E-state index contributed by atoms with van der Waals surface area (Å²) < 4.78 is 0. The van der Waals surface area contributed by atoms with Gasteiger partial charge in [0, 0.05) is 23.5 Å². The average Bonchev–Trinajstić information content (AvgIpc) is 2.96. The summed E-state index contributed by atoms with van der Waals surface area (Å²) in [5.41, 5.74) is 4.23. The second kappa shape index (κ2) is 7.46. The van der Waals surface area contributed by atoms with Crippen molar-refractivity contribution < 1.29 is 14.7 Å². The van der Waals surface area contributed by atoms with Crippen LogP contribution in [0.5, 0.6) is 0 Å². The number of hydrogen-bond donors (Lipinski definition) is 2. The van der Waals surface area contributed by atoms with Crippen LogP contribution in [0, 0.1) is 33.0 Å². The fourth-order valence-electron chi connectivity index (χ4n) is 9.22. The van der Waals surface area contributed by atoms with Gasteiger partial charge in [-0.3, -0.25) is 9.59 Å². The van der Waals surface area contributed by atoms with Gasteiger partial charge in [0.05, 0.1) is 0 Å². The lowest BCUT2D eigenvalue weighted by Gasteiger charge is -2.68. The third-order valence-corrected chi connectivity index (χ3v) is 12.0. The molecule has 6 atom stereocenters. The molecule has 5 rings (SSSR count). The second-order valence-electron chi connectivity index (χ2n) is 13.5. The van der Waals surface area contributed by atoms with E-state index >= 15 is 0 Å². The lowest BCUT2D eigenvalue weighted by Crippen LogP contribution is -2.59. The molecule has 0 aliphatic heterocycles. The zero-order valence-electron chi connectivity index (χ0n) is 22.7. The van der Waals surface area contributed by atoms with Crippen molar-refractivity contribution in [2.24, 2.45) is 33.0 Å². The van der Waals surface area contributed by atoms with Crippen molar-refractivity contribution in [1.82, 2.24) is 5.32 Å². The largest absolute Gasteiger partial charge is 0.504 e. The monoisotopic (exact) mass is 477 g/mol. The predicted molar refractivity (Wildman–Crippen MR) is 140 cm³/mol. The van der Waals surface area contributed by atoms with Crippen molar-refractivity contribution in [3.05, 3.63) is 46.3 Å². The van der Waals surface area contributed by atoms with Crippen molar-refractivity contribution in [2.75, 3.05) is 7.05 Å². The van der Waals surface area contributed by atoms with Gasteiger partial charge in [-0.05, 0) is 97.7 Å². The highest BCUT2D eigenvalue weighted by molar-refractivity contribution is 6.06. The summed E-state index contributed by atoms with van der Waals surface area (Å²) in [6.07, 6.45) is 14.7. The lowest BCUT2D eigenvalue weighted by atomic mass is 9.36. The molecule has 0 unspecified atom stereocenters. The van der Waals surface area contributed by atoms with E-state index in [1.165, 1.54) is 12.0 Å². The maximum absolute atomic E-state index is 12.8. The predicted octanol–water partition coefficient (Wildman–Crippen LogP) is 6.75. The number of ketones is 1. The van der Waals surface area contributed by atoms with E-state index in [-0.39, 0.29) is 44.5 Å². The van der Waals surface area contributed by atoms with Gasteiger partial charge in [-0.25, -0.2) is 0 Å². The molecule has 2 N–H and O–H groups in total. The number of aliphatic hydroxyl groups excluding tert-OH is 1. The summed E-state index contributed by atoms with van der Waals surface area (Å²) in [6.45, 7) is 13.9. The standard InChI is InChI=1S/C31H43NO3/c1-19-20-8-9-24-29(4,21(20)18-22(33)25(19)34)15-17-30(5)23-10-11-28(3,26(35)32-7)13-12-27(23,2)14-16-31(24,30)6/h8-9,18,23,34H,10-17H2,1-7H3,(H,32,35)/t23-,27+,28-,29-,30-,31+/m0/s1. The molecular formula is C31H43NO3. The summed E-state index contributed by atoms with van der Waals surface area (Å²) >= 11 is 0. The van der Waals surface area contributed by atoms with E-state index in [1.54, 1.807) is 13.1 Å². The van der Waals surface area contributed by atoms with E-state index < -0.39 is 0 Å². The molecule has 0 spiro atoms. The number of carbonyl (C=O) groups excluding carboxylic acids is 2. The summed E-state index contributed by atoms with van der Waals surface area (Å²) in [7, 11) is 1.77. The minimum Gasteiger partial charge on any atom is -0.504 e. The molecule has 0 saturated heterocycles. The van der Waals surface area contributed by atoms with Crippen LogP contribution in [-0.2, 0) is 9.59 Å². The maximum atomic E-state index is 12.8. The highest BCUT2D eigenvalue weighted by atomic mass is 16.3. The first kappa shape index (κ1) is 24.6. The first-order valence-electron chi connectivity index (χ1n) is 13.6. The average molecular weight is 478 g/mol. The van der Waals surface area contributed by atoms with Crippen LogP contribution >= 0.6 is 0 Å². The van der Waals surface area contributed by atoms with Gasteiger partial charge in [-0.15, -0.1) is 0 Å². The van der Waals surface area contributed by atoms with Crippen LogP contribution < -0.4 is 5.32 Å². The number of amides is 1. The molecule has 0 aromatic heterocycles. The van der Waals surface area contributed by atoms with Crippen LogP contribution in [0.15, 0.2) is 46.3 Å². The number of rotatable bonds is 1. The molecule has 5 aliphatic carbocycles. The van der Waals surface area contributed by atoms with E-state index in [0.29, 0.717) is 11.5 Å². The molecule has 0 heterocycles. The fraction of sp³-hybridized carbons (Fsp3) is 0.677. The van der Waals surface area contributed by atoms with Gasteiger partial charge in [-0.2, -0.15) is 0 Å². The number of aliphatic hydroxyl groups is 1. The zero-order chi connectivity index (χ0) is 25.6. The van der Waals surface area contributed by atoms with Gasteiger partial charge in [0.25, 0.3) is 0 Å². The van der Waals surface area contributed by atoms with E-state index in [2.05, 4.69) is 52.1 Å². The van der Waals surface area contributed by atoms with Crippen molar-refractivity contribution in [1.29, 1.82) is 0 Å². The van der Waals surface area contributed by atoms with Crippen molar-refractivity contribution >= 4 is 11.7 Å². The van der Waals surface area contributed by atoms with Crippen molar-refractivity contribution in [3.8, 4) is 0 Å². The Bertz CT molecular complexity index is 1140. The zero-order valence-corrected chi connectivity index (χ0v) is 22.7. The molecule has 4 nitrogen and oxygen atoms in total. The smallest absolute Gasteiger partial charge is 0.225 e. The van der Waals surface area contributed by atoms with Gasteiger partial charge in [0.15, 0.2) is 5.76 Å². The highest BCUT2D eigenvalue weighted by Gasteiger charge is 2.65. The molecular weight excluding hydrogens is 434 g/mol. The molecule has 35 heavy (non-hydrogen) atoms. The third-order valence-electron chi connectivity index (χ3n) is 12.0. The van der Waals surface area contributed by atoms with Gasteiger partial charge >= 0.3 is 0 Å². The molecule has 1 amide bonds. The van der Waals surface area contributed by atoms with Crippen LogP contribution in [-0.4, -0.2) is 23.8 Å². The Labute approximate surface area is 211 Å². The number of hydrogen-bond acceptors (Lipinski definition) is 3. The van der Waals surface area contributed by atoms with E-state index in [4.69, 9.17) is 0 Å². The Morgan fingerprint density at radius 1 is 0.971 bits per heavy atom. The summed E-state index contributed by atoms with van der Waals surface area (Å²) in [6, 6.07) is 0. The number of fused-ring (bicyclic) bond motifs is 7. The Balaban J connectivity index is 1.59. The molecule has 0 radical (unpaired) electrons. The van der Waals surface area contributed by atoms with Gasteiger partial charge < -0.3 is 10.4 Å². The molecule has 0 aromatic carbocycles. The Kier molecular flexibility index (Phi) is 5.24. The lowest BCUT2D eigenvalue weighted by molar-refractivity contribution is -0.130. The summed E-state index contributed by atoms with van der Waals surface area (Å²) in [4.78, 5) is 25.5. The number of carbonyl (C=O) groups is 2. The van der Waals surface area contributed by atoms with Gasteiger partial charge in [0.1, 0.15) is 0 Å². The van der Waals surface area contributed by atoms with Crippen molar-refractivity contribution in [2.45, 2.75) is 92.9 Å². The van der Waals surface area contributed by atoms with Crippen LogP contribution in [0.3, 0.4) is 0 Å². The topological polar surface area (TPSA) is 66.4 Å². The Morgan fingerprint density at radius 2 is 1.66 bits per heavy atom. The molecule has 190 valence electrons. The normalized spacial score (nSPS) is 45.1. The van der Waals surface area contributed by atoms with Gasteiger partial charge in [-0.1, -0.05) is 52.3 Å². The Hall–Kier alpha value is -2.10. The van der Waals surface area contributed by atoms with Gasteiger partial charge in [0.2, 0.25) is 11.7 Å². The quantitative estimate of drug-likeness (QED) is 0.439. The van der Waals surface area contributed by atoms with Crippen LogP contribution in [0.1, 0.15) is 92.9 Å². The minimum atomic E-state index is -0.286. The molecule has 5 aliphatic rings. The minimum absolute atomic E-state index is 0.0287. The highest BCUT2D eigenvalue weighted by Crippen LogP contribution is 2.74. The van der Waals surface area contributed by atoms with E-state index in [1.807, 2.05) is 6.92 Å². The molecule has 3 fully saturated rings. The number of nitrogens with one attached hydrogen (secondary N) is 1. The summed E-state index contributed by atoms with van der Waals surface area (Å²) in [5.74, 6) is 0.378. The third kappa shape index (κ3) is 3.04. The molecule has 4 heteroatoms. The molecule has 0 bridgehead atoms. The number of allylic oxidation sites excluding steroid dienone is 7. The first-order chi connectivity index (χ1) is 16.3. The van der Waals surface area contributed by atoms with E-state index in [0.717, 1.165) is 56.1 Å². The molecule has 3 saturated carbocycles. The Morgan fingerprint density at radius 3 is 2.34 bits per heavy atom. The molecule has 0 aromatic rings. The first-order valence-corrected chi connectivity index (χ1v) is 13.6. The SMILES string of the molecule is CNC(=O)[C@@]1(C)CC[C@H]2[C@](C)(CC1)CC[C@]1(C)C3=CC=C4C(=CC(=O)C(O)=C4C)[C@]3(C)CC[C@@]21C. The van der Waals surface area contributed by atoms with Crippen molar-refractivity contribution in [3.63, 3.8) is 0 Å².